The Balaban J connectivity index is 1.80. The zero-order valence-corrected chi connectivity index (χ0v) is 17.5. The van der Waals surface area contributed by atoms with Gasteiger partial charge in [0.1, 0.15) is 18.1 Å². The van der Waals surface area contributed by atoms with Crippen LogP contribution in [-0.4, -0.2) is 12.5 Å². The second-order valence-corrected chi connectivity index (χ2v) is 7.13. The van der Waals surface area contributed by atoms with Crippen molar-refractivity contribution >= 4 is 23.2 Å². The monoisotopic (exact) mass is 409 g/mol. The van der Waals surface area contributed by atoms with Gasteiger partial charge < -0.3 is 14.8 Å². The van der Waals surface area contributed by atoms with Gasteiger partial charge in [-0.1, -0.05) is 29.8 Å². The van der Waals surface area contributed by atoms with Gasteiger partial charge in [0.25, 0.3) is 5.91 Å². The van der Waals surface area contributed by atoms with Gasteiger partial charge in [-0.15, -0.1) is 0 Å². The lowest BCUT2D eigenvalue weighted by Gasteiger charge is -2.14. The molecule has 3 aromatic carbocycles. The van der Waals surface area contributed by atoms with Gasteiger partial charge in [-0.25, -0.2) is 0 Å². The molecule has 0 saturated carbocycles. The highest BCUT2D eigenvalue weighted by atomic mass is 35.5. The summed E-state index contributed by atoms with van der Waals surface area (Å²) < 4.78 is 11.7. The molecular formula is C24H24ClNO3. The van der Waals surface area contributed by atoms with E-state index in [1.807, 2.05) is 44.2 Å². The maximum atomic E-state index is 12.7. The lowest BCUT2D eigenvalue weighted by molar-refractivity contribution is 0.102. The average Bonchev–Trinajstić information content (AvgIpc) is 2.71. The number of para-hydroxylation sites is 1. The first-order chi connectivity index (χ1) is 14.0. The molecule has 0 atom stereocenters. The van der Waals surface area contributed by atoms with Crippen molar-refractivity contribution in [3.05, 3.63) is 87.9 Å². The smallest absolute Gasteiger partial charge is 0.255 e. The molecule has 0 spiro atoms. The second-order valence-electron chi connectivity index (χ2n) is 6.72. The van der Waals surface area contributed by atoms with Gasteiger partial charge in [0, 0.05) is 11.1 Å². The third kappa shape index (κ3) is 5.30. The van der Waals surface area contributed by atoms with Gasteiger partial charge in [0.15, 0.2) is 0 Å². The van der Waals surface area contributed by atoms with Gasteiger partial charge in [-0.3, -0.25) is 4.79 Å². The molecule has 0 aliphatic heterocycles. The lowest BCUT2D eigenvalue weighted by Crippen LogP contribution is -2.13. The van der Waals surface area contributed by atoms with E-state index in [0.29, 0.717) is 35.2 Å². The number of ether oxygens (including phenoxy) is 2. The van der Waals surface area contributed by atoms with Crippen molar-refractivity contribution < 1.29 is 14.3 Å². The van der Waals surface area contributed by atoms with Crippen molar-refractivity contribution in [2.24, 2.45) is 0 Å². The minimum absolute atomic E-state index is 0.242. The summed E-state index contributed by atoms with van der Waals surface area (Å²) in [6, 6.07) is 18.4. The van der Waals surface area contributed by atoms with Gasteiger partial charge in [-0.2, -0.15) is 0 Å². The Morgan fingerprint density at radius 1 is 0.966 bits per heavy atom. The number of hydrogen-bond acceptors (Lipinski definition) is 3. The summed E-state index contributed by atoms with van der Waals surface area (Å²) >= 11 is 6.14. The van der Waals surface area contributed by atoms with Crippen LogP contribution in [0.25, 0.3) is 0 Å². The van der Waals surface area contributed by atoms with Crippen molar-refractivity contribution in [3.63, 3.8) is 0 Å². The summed E-state index contributed by atoms with van der Waals surface area (Å²) in [5.41, 5.74) is 4.26. The van der Waals surface area contributed by atoms with E-state index >= 15 is 0 Å². The van der Waals surface area contributed by atoms with Crippen LogP contribution < -0.4 is 14.8 Å². The molecule has 0 bridgehead atoms. The molecule has 0 aromatic heterocycles. The summed E-state index contributed by atoms with van der Waals surface area (Å²) in [4.78, 5) is 12.7. The highest BCUT2D eigenvalue weighted by Gasteiger charge is 2.13. The Morgan fingerprint density at radius 3 is 2.48 bits per heavy atom. The number of benzene rings is 3. The number of nitrogens with one attached hydrogen (secondary N) is 1. The highest BCUT2D eigenvalue weighted by Crippen LogP contribution is 2.25. The van der Waals surface area contributed by atoms with Crippen LogP contribution >= 0.6 is 11.6 Å². The molecule has 5 heteroatoms. The van der Waals surface area contributed by atoms with Gasteiger partial charge in [0.2, 0.25) is 0 Å². The van der Waals surface area contributed by atoms with Crippen LogP contribution in [0.3, 0.4) is 0 Å². The zero-order chi connectivity index (χ0) is 20.8. The number of hydrogen-bond donors (Lipinski definition) is 1. The molecule has 0 aliphatic carbocycles. The lowest BCUT2D eigenvalue weighted by atomic mass is 10.1. The fraction of sp³-hybridized carbons (Fsp3) is 0.208. The van der Waals surface area contributed by atoms with Crippen LogP contribution in [-0.2, 0) is 6.61 Å². The van der Waals surface area contributed by atoms with E-state index in [2.05, 4.69) is 12.2 Å². The van der Waals surface area contributed by atoms with E-state index in [0.717, 1.165) is 11.3 Å². The van der Waals surface area contributed by atoms with E-state index in [9.17, 15) is 4.79 Å². The molecular weight excluding hydrogens is 386 g/mol. The summed E-state index contributed by atoms with van der Waals surface area (Å²) in [6.45, 7) is 6.86. The first-order valence-corrected chi connectivity index (χ1v) is 9.87. The largest absolute Gasteiger partial charge is 0.493 e. The zero-order valence-electron chi connectivity index (χ0n) is 16.8. The average molecular weight is 410 g/mol. The first-order valence-electron chi connectivity index (χ1n) is 9.49. The summed E-state index contributed by atoms with van der Waals surface area (Å²) in [5.74, 6) is 1.24. The maximum absolute atomic E-state index is 12.7. The number of aryl methyl sites for hydroxylation is 2. The van der Waals surface area contributed by atoms with Crippen molar-refractivity contribution in [1.82, 2.24) is 0 Å². The number of carbonyl (C=O) groups excluding carboxylic acids is 1. The summed E-state index contributed by atoms with van der Waals surface area (Å²) in [7, 11) is 0. The molecule has 4 nitrogen and oxygen atoms in total. The number of carbonyl (C=O) groups is 1. The summed E-state index contributed by atoms with van der Waals surface area (Å²) in [5, 5.41) is 3.33. The van der Waals surface area contributed by atoms with Crippen LogP contribution in [0.5, 0.6) is 11.5 Å². The molecule has 29 heavy (non-hydrogen) atoms. The minimum Gasteiger partial charge on any atom is -0.493 e. The maximum Gasteiger partial charge on any atom is 0.255 e. The van der Waals surface area contributed by atoms with E-state index < -0.39 is 0 Å². The fourth-order valence-electron chi connectivity index (χ4n) is 2.85. The molecule has 0 aliphatic rings. The standard InChI is InChI=1S/C24H24ClNO3/c1-4-28-23-12-10-18(24(27)26-22-8-6-5-7-21(22)25)14-19(23)15-29-20-11-9-16(2)17(3)13-20/h5-14H,4,15H2,1-3H3,(H,26,27). The van der Waals surface area contributed by atoms with Crippen LogP contribution in [0.4, 0.5) is 5.69 Å². The Labute approximate surface area is 176 Å². The van der Waals surface area contributed by atoms with Crippen molar-refractivity contribution in [3.8, 4) is 11.5 Å². The molecule has 1 N–H and O–H groups in total. The molecule has 0 radical (unpaired) electrons. The number of amides is 1. The molecule has 3 rings (SSSR count). The Hall–Kier alpha value is -2.98. The third-order valence-electron chi connectivity index (χ3n) is 4.62. The van der Waals surface area contributed by atoms with E-state index in [1.165, 1.54) is 11.1 Å². The normalized spacial score (nSPS) is 10.5. The minimum atomic E-state index is -0.242. The third-order valence-corrected chi connectivity index (χ3v) is 4.95. The van der Waals surface area contributed by atoms with Crippen LogP contribution in [0.2, 0.25) is 5.02 Å². The SMILES string of the molecule is CCOc1ccc(C(=O)Nc2ccccc2Cl)cc1COc1ccc(C)c(C)c1. The molecule has 0 unspecified atom stereocenters. The van der Waals surface area contributed by atoms with Gasteiger partial charge >= 0.3 is 0 Å². The molecule has 0 heterocycles. The van der Waals surface area contributed by atoms with E-state index in [4.69, 9.17) is 21.1 Å². The first kappa shape index (κ1) is 20.7. The van der Waals surface area contributed by atoms with Crippen LogP contribution in [0.1, 0.15) is 34.0 Å². The van der Waals surface area contributed by atoms with Crippen molar-refractivity contribution in [1.29, 1.82) is 0 Å². The summed E-state index contributed by atoms with van der Waals surface area (Å²) in [6.07, 6.45) is 0. The van der Waals surface area contributed by atoms with E-state index in [1.54, 1.807) is 30.3 Å². The number of halogens is 1. The van der Waals surface area contributed by atoms with Crippen molar-refractivity contribution in [2.75, 3.05) is 11.9 Å². The van der Waals surface area contributed by atoms with E-state index in [-0.39, 0.29) is 5.91 Å². The quantitative estimate of drug-likeness (QED) is 0.506. The molecule has 0 saturated heterocycles. The second kappa shape index (κ2) is 9.48. The van der Waals surface area contributed by atoms with Crippen LogP contribution in [0, 0.1) is 13.8 Å². The highest BCUT2D eigenvalue weighted by molar-refractivity contribution is 6.33. The molecule has 0 fully saturated rings. The molecule has 150 valence electrons. The Bertz CT molecular complexity index is 1020. The predicted octanol–water partition coefficient (Wildman–Crippen LogP) is 6.19. The van der Waals surface area contributed by atoms with Crippen LogP contribution in [0.15, 0.2) is 60.7 Å². The number of rotatable bonds is 7. The van der Waals surface area contributed by atoms with Crippen molar-refractivity contribution in [2.45, 2.75) is 27.4 Å². The molecule has 1 amide bonds. The predicted molar refractivity (Wildman–Crippen MR) is 117 cm³/mol. The van der Waals surface area contributed by atoms with Gasteiger partial charge in [0.05, 0.1) is 17.3 Å². The fourth-order valence-corrected chi connectivity index (χ4v) is 3.03. The molecule has 3 aromatic rings. The number of anilines is 1. The Kier molecular flexibility index (Phi) is 6.78. The van der Waals surface area contributed by atoms with Gasteiger partial charge in [-0.05, 0) is 74.4 Å². The Morgan fingerprint density at radius 2 is 1.76 bits per heavy atom. The topological polar surface area (TPSA) is 47.6 Å².